The minimum atomic E-state index is 1.38. The van der Waals surface area contributed by atoms with Crippen molar-refractivity contribution in [2.45, 2.75) is 0 Å². The van der Waals surface area contributed by atoms with Crippen molar-refractivity contribution in [3.05, 3.63) is 54.0 Å². The molecule has 1 aliphatic heterocycles. The summed E-state index contributed by atoms with van der Waals surface area (Å²) in [5, 5.41) is 4.08. The summed E-state index contributed by atoms with van der Waals surface area (Å²) in [7, 11) is 0. The molecule has 12 heavy (non-hydrogen) atoms. The average Bonchev–Trinajstić information content (AvgIpc) is 2.54. The average molecular weight is 179 g/mol. The predicted molar refractivity (Wildman–Crippen MR) is 51.5 cm³/mol. The largest absolute Gasteiger partial charge is 0.452 e. The van der Waals surface area contributed by atoms with E-state index >= 15 is 0 Å². The number of rotatable bonds is 0. The zero-order valence-corrected chi connectivity index (χ0v) is 7.28. The highest BCUT2D eigenvalue weighted by molar-refractivity contribution is 8.04. The van der Waals surface area contributed by atoms with Gasteiger partial charge in [-0.2, -0.15) is 0 Å². The van der Waals surface area contributed by atoms with Crippen LogP contribution in [0.4, 0.5) is 0 Å². The number of hydrogen-bond acceptors (Lipinski definition) is 3. The first-order chi connectivity index (χ1) is 6.00. The van der Waals surface area contributed by atoms with E-state index in [1.165, 1.54) is 12.7 Å². The molecule has 0 spiro atoms. The Labute approximate surface area is 75.7 Å². The van der Waals surface area contributed by atoms with Crippen molar-refractivity contribution in [2.75, 3.05) is 0 Å². The van der Waals surface area contributed by atoms with Crippen molar-refractivity contribution < 1.29 is 4.42 Å². The molecule has 2 rings (SSSR count). The summed E-state index contributed by atoms with van der Waals surface area (Å²) in [6, 6.07) is 0. The smallest absolute Gasteiger partial charge is 0.180 e. The van der Waals surface area contributed by atoms with Crippen LogP contribution in [0, 0.1) is 0 Å². The highest BCUT2D eigenvalue weighted by atomic mass is 32.2. The Morgan fingerprint density at radius 3 is 2.17 bits per heavy atom. The molecule has 0 saturated carbocycles. The van der Waals surface area contributed by atoms with Crippen molar-refractivity contribution in [3.8, 4) is 0 Å². The van der Waals surface area contributed by atoms with Crippen LogP contribution in [-0.4, -0.2) is 4.98 Å². The van der Waals surface area contributed by atoms with Crippen LogP contribution in [0.15, 0.2) is 58.4 Å². The van der Waals surface area contributed by atoms with Gasteiger partial charge in [0.2, 0.25) is 0 Å². The molecule has 62 valence electrons. The molecule has 0 bridgehead atoms. The fraction of sp³-hybridized carbons (Fsp3) is 0. The Balaban J connectivity index is 0.000000127. The van der Waals surface area contributed by atoms with Gasteiger partial charge in [-0.15, -0.1) is 11.8 Å². The summed E-state index contributed by atoms with van der Waals surface area (Å²) in [5.74, 6) is 0. The maximum Gasteiger partial charge on any atom is 0.180 e. The lowest BCUT2D eigenvalue weighted by Crippen LogP contribution is -1.38. The van der Waals surface area contributed by atoms with Crippen LogP contribution in [0.2, 0.25) is 0 Å². The summed E-state index contributed by atoms with van der Waals surface area (Å²) in [6.45, 7) is 0. The normalized spacial score (nSPS) is 13.3. The van der Waals surface area contributed by atoms with E-state index in [2.05, 4.69) is 9.40 Å². The van der Waals surface area contributed by atoms with Crippen LogP contribution in [0.25, 0.3) is 0 Å². The Morgan fingerprint density at radius 1 is 1.00 bits per heavy atom. The number of oxazole rings is 1. The van der Waals surface area contributed by atoms with E-state index in [9.17, 15) is 0 Å². The molecule has 3 heteroatoms. The van der Waals surface area contributed by atoms with Gasteiger partial charge >= 0.3 is 0 Å². The van der Waals surface area contributed by atoms with E-state index in [1.54, 1.807) is 18.0 Å². The van der Waals surface area contributed by atoms with Crippen LogP contribution >= 0.6 is 11.8 Å². The molecule has 0 amide bonds. The SMILES string of the molecule is C1=CC=CSC=C1.c1cocn1. The second kappa shape index (κ2) is 6.49. The number of allylic oxidation sites excluding steroid dienone is 4. The fourth-order valence-electron chi connectivity index (χ4n) is 0.531. The van der Waals surface area contributed by atoms with Gasteiger partial charge in [-0.05, 0) is 10.8 Å². The lowest BCUT2D eigenvalue weighted by atomic mass is 10.5. The molecule has 0 aromatic carbocycles. The van der Waals surface area contributed by atoms with Crippen LogP contribution in [-0.2, 0) is 0 Å². The molecule has 0 aliphatic carbocycles. The second-order valence-corrected chi connectivity index (χ2v) is 2.67. The third-order valence-corrected chi connectivity index (χ3v) is 1.62. The zero-order valence-electron chi connectivity index (χ0n) is 6.46. The molecule has 0 radical (unpaired) electrons. The quantitative estimate of drug-likeness (QED) is 0.612. The van der Waals surface area contributed by atoms with Crippen LogP contribution < -0.4 is 0 Å². The Hall–Kier alpha value is -1.22. The molecule has 1 aromatic heterocycles. The molecule has 0 atom stereocenters. The summed E-state index contributed by atoms with van der Waals surface area (Å²) in [4.78, 5) is 3.56. The first-order valence-electron chi connectivity index (χ1n) is 3.46. The van der Waals surface area contributed by atoms with Gasteiger partial charge in [0.05, 0.1) is 6.20 Å². The van der Waals surface area contributed by atoms with Crippen molar-refractivity contribution in [2.24, 2.45) is 0 Å². The van der Waals surface area contributed by atoms with E-state index < -0.39 is 0 Å². The van der Waals surface area contributed by atoms with Crippen molar-refractivity contribution in [3.63, 3.8) is 0 Å². The van der Waals surface area contributed by atoms with Crippen molar-refractivity contribution in [1.82, 2.24) is 4.98 Å². The maximum atomic E-state index is 4.47. The zero-order chi connectivity index (χ0) is 8.49. The molecule has 0 fully saturated rings. The van der Waals surface area contributed by atoms with E-state index in [1.807, 2.05) is 35.1 Å². The molecule has 2 heterocycles. The van der Waals surface area contributed by atoms with Gasteiger partial charge in [0.25, 0.3) is 0 Å². The maximum absolute atomic E-state index is 4.47. The van der Waals surface area contributed by atoms with E-state index in [4.69, 9.17) is 0 Å². The number of hydrogen-bond donors (Lipinski definition) is 0. The molecular weight excluding hydrogens is 170 g/mol. The topological polar surface area (TPSA) is 26.0 Å². The third-order valence-electron chi connectivity index (χ3n) is 0.995. The van der Waals surface area contributed by atoms with Gasteiger partial charge < -0.3 is 4.42 Å². The van der Waals surface area contributed by atoms with Crippen LogP contribution in [0.5, 0.6) is 0 Å². The summed E-state index contributed by atoms with van der Waals surface area (Å²) >= 11 is 1.69. The number of aromatic nitrogens is 1. The first-order valence-corrected chi connectivity index (χ1v) is 4.40. The summed E-state index contributed by atoms with van der Waals surface area (Å²) < 4.78 is 4.47. The number of nitrogens with zero attached hydrogens (tertiary/aromatic N) is 1. The molecule has 0 saturated heterocycles. The third kappa shape index (κ3) is 4.57. The molecule has 2 nitrogen and oxygen atoms in total. The van der Waals surface area contributed by atoms with E-state index in [-0.39, 0.29) is 0 Å². The number of thioether (sulfide) groups is 1. The van der Waals surface area contributed by atoms with Crippen molar-refractivity contribution >= 4 is 11.8 Å². The summed E-state index contributed by atoms with van der Waals surface area (Å²) in [5.41, 5.74) is 0. The highest BCUT2D eigenvalue weighted by Gasteiger charge is 1.70. The molecule has 0 N–H and O–H groups in total. The Morgan fingerprint density at radius 2 is 1.75 bits per heavy atom. The van der Waals surface area contributed by atoms with Gasteiger partial charge in [-0.1, -0.05) is 24.3 Å². The highest BCUT2D eigenvalue weighted by Crippen LogP contribution is 2.06. The van der Waals surface area contributed by atoms with Crippen LogP contribution in [0.3, 0.4) is 0 Å². The predicted octanol–water partition coefficient (Wildman–Crippen LogP) is 2.99. The van der Waals surface area contributed by atoms with Gasteiger partial charge in [0.15, 0.2) is 6.39 Å². The molecule has 0 unspecified atom stereocenters. The lowest BCUT2D eigenvalue weighted by Gasteiger charge is -1.69. The van der Waals surface area contributed by atoms with Gasteiger partial charge in [0.1, 0.15) is 6.26 Å². The molecular formula is C9H9NOS. The van der Waals surface area contributed by atoms with Gasteiger partial charge in [0, 0.05) is 0 Å². The van der Waals surface area contributed by atoms with Gasteiger partial charge in [-0.3, -0.25) is 0 Å². The van der Waals surface area contributed by atoms with E-state index in [0.717, 1.165) is 0 Å². The summed E-state index contributed by atoms with van der Waals surface area (Å²) in [6.07, 6.45) is 12.5. The Kier molecular flexibility index (Phi) is 4.80. The monoisotopic (exact) mass is 179 g/mol. The lowest BCUT2D eigenvalue weighted by molar-refractivity contribution is 0.558. The van der Waals surface area contributed by atoms with Gasteiger partial charge in [-0.25, -0.2) is 4.98 Å². The molecule has 1 aliphatic rings. The first kappa shape index (κ1) is 8.87. The minimum absolute atomic E-state index is 1.38. The standard InChI is InChI=1S/C6H6S.C3H3NO/c1-2-4-6-7-5-3-1;1-2-5-3-4-1/h1-6H;1-3H. The van der Waals surface area contributed by atoms with Crippen LogP contribution in [0.1, 0.15) is 0 Å². The second-order valence-electron chi connectivity index (χ2n) is 1.85. The van der Waals surface area contributed by atoms with Crippen molar-refractivity contribution in [1.29, 1.82) is 0 Å². The Bertz CT molecular complexity index is 231. The minimum Gasteiger partial charge on any atom is -0.452 e. The molecule has 1 aromatic rings. The van der Waals surface area contributed by atoms with E-state index in [0.29, 0.717) is 0 Å². The fourth-order valence-corrected chi connectivity index (χ4v) is 0.984.